The van der Waals surface area contributed by atoms with Gasteiger partial charge in [0.1, 0.15) is 6.04 Å². The second-order valence-corrected chi connectivity index (χ2v) is 6.48. The molecule has 130 valence electrons. The lowest BCUT2D eigenvalue weighted by atomic mass is 9.85. The monoisotopic (exact) mass is 345 g/mol. The maximum atomic E-state index is 13.0. The van der Waals surface area contributed by atoms with E-state index in [1.807, 2.05) is 36.4 Å². The number of nitrogens with zero attached hydrogens (tertiary/aromatic N) is 1. The molecule has 1 aliphatic rings. The van der Waals surface area contributed by atoms with E-state index in [1.165, 1.54) is 7.11 Å². The number of ether oxygens (including phenoxy) is 1. The van der Waals surface area contributed by atoms with E-state index in [2.05, 4.69) is 24.3 Å². The highest BCUT2D eigenvalue weighted by Crippen LogP contribution is 2.41. The van der Waals surface area contributed by atoms with Crippen LogP contribution in [0.5, 0.6) is 0 Å². The van der Waals surface area contributed by atoms with Gasteiger partial charge in [0, 0.05) is 12.0 Å². The summed E-state index contributed by atoms with van der Waals surface area (Å²) in [6, 6.07) is 22.7. The van der Waals surface area contributed by atoms with E-state index in [9.17, 15) is 9.59 Å². The molecule has 3 aromatic rings. The van der Waals surface area contributed by atoms with Gasteiger partial charge in [0.2, 0.25) is 0 Å². The number of amides is 1. The zero-order valence-electron chi connectivity index (χ0n) is 14.5. The number of carbonyl (C=O) groups is 2. The van der Waals surface area contributed by atoms with Crippen molar-refractivity contribution in [1.82, 2.24) is 4.90 Å². The molecule has 1 fully saturated rings. The van der Waals surface area contributed by atoms with Gasteiger partial charge in [-0.2, -0.15) is 0 Å². The predicted octanol–water partition coefficient (Wildman–Crippen LogP) is 3.97. The second-order valence-electron chi connectivity index (χ2n) is 6.48. The smallest absolute Gasteiger partial charge is 0.328 e. The van der Waals surface area contributed by atoms with E-state index >= 15 is 0 Å². The molecule has 1 amide bonds. The van der Waals surface area contributed by atoms with Gasteiger partial charge in [-0.25, -0.2) is 4.79 Å². The first-order valence-corrected chi connectivity index (χ1v) is 8.63. The van der Waals surface area contributed by atoms with Gasteiger partial charge in [0.25, 0.3) is 5.91 Å². The molecule has 0 N–H and O–H groups in total. The molecule has 2 atom stereocenters. The van der Waals surface area contributed by atoms with Crippen molar-refractivity contribution in [3.8, 4) is 0 Å². The molecule has 0 spiro atoms. The van der Waals surface area contributed by atoms with Crippen molar-refractivity contribution in [2.75, 3.05) is 7.11 Å². The molecule has 1 aliphatic heterocycles. The van der Waals surface area contributed by atoms with Crippen LogP contribution in [-0.4, -0.2) is 29.9 Å². The van der Waals surface area contributed by atoms with Crippen molar-refractivity contribution in [1.29, 1.82) is 0 Å². The van der Waals surface area contributed by atoms with Gasteiger partial charge >= 0.3 is 5.97 Å². The lowest BCUT2D eigenvalue weighted by molar-refractivity contribution is -0.153. The minimum Gasteiger partial charge on any atom is -0.467 e. The van der Waals surface area contributed by atoms with Crippen LogP contribution in [0, 0.1) is 0 Å². The minimum atomic E-state index is -0.538. The van der Waals surface area contributed by atoms with Crippen LogP contribution in [0.15, 0.2) is 72.8 Å². The summed E-state index contributed by atoms with van der Waals surface area (Å²) in [5.41, 5.74) is 1.61. The molecule has 0 unspecified atom stereocenters. The van der Waals surface area contributed by atoms with Gasteiger partial charge in [-0.15, -0.1) is 0 Å². The largest absolute Gasteiger partial charge is 0.467 e. The molecule has 0 aromatic heterocycles. The number of benzene rings is 3. The highest BCUT2D eigenvalue weighted by Gasteiger charge is 2.47. The fraction of sp³-hybridized carbons (Fsp3) is 0.182. The molecule has 0 radical (unpaired) electrons. The highest BCUT2D eigenvalue weighted by atomic mass is 16.5. The van der Waals surface area contributed by atoms with Crippen LogP contribution in [0.3, 0.4) is 0 Å². The number of hydrogen-bond acceptors (Lipinski definition) is 3. The second kappa shape index (κ2) is 6.64. The Labute approximate surface area is 152 Å². The lowest BCUT2D eigenvalue weighted by Crippen LogP contribution is -2.57. The first-order valence-electron chi connectivity index (χ1n) is 8.63. The van der Waals surface area contributed by atoms with Crippen LogP contribution in [-0.2, 0) is 9.53 Å². The number of methoxy groups -OCH3 is 1. The van der Waals surface area contributed by atoms with Gasteiger partial charge in [-0.1, -0.05) is 54.6 Å². The predicted molar refractivity (Wildman–Crippen MR) is 99.7 cm³/mol. The van der Waals surface area contributed by atoms with Crippen LogP contribution < -0.4 is 0 Å². The quantitative estimate of drug-likeness (QED) is 0.675. The average Bonchev–Trinajstić information content (AvgIpc) is 2.67. The molecule has 4 heteroatoms. The van der Waals surface area contributed by atoms with Crippen LogP contribution >= 0.6 is 0 Å². The van der Waals surface area contributed by atoms with E-state index in [-0.39, 0.29) is 17.9 Å². The Morgan fingerprint density at radius 1 is 0.923 bits per heavy atom. The summed E-state index contributed by atoms with van der Waals surface area (Å²) in [6.45, 7) is 0. The first-order chi connectivity index (χ1) is 12.7. The number of esters is 1. The van der Waals surface area contributed by atoms with Crippen LogP contribution in [0.2, 0.25) is 0 Å². The Bertz CT molecular complexity index is 967. The van der Waals surface area contributed by atoms with Gasteiger partial charge in [0.05, 0.1) is 13.2 Å². The summed E-state index contributed by atoms with van der Waals surface area (Å²) >= 11 is 0. The molecule has 0 saturated carbocycles. The molecular weight excluding hydrogens is 326 g/mol. The third-order valence-electron chi connectivity index (χ3n) is 5.00. The van der Waals surface area contributed by atoms with Gasteiger partial charge in [-0.3, -0.25) is 4.79 Å². The molecule has 0 bridgehead atoms. The Hall–Kier alpha value is -3.14. The maximum Gasteiger partial charge on any atom is 0.328 e. The number of carbonyl (C=O) groups excluding carboxylic acids is 2. The summed E-state index contributed by atoms with van der Waals surface area (Å²) in [5.74, 6) is -0.517. The van der Waals surface area contributed by atoms with Gasteiger partial charge < -0.3 is 9.64 Å². The Balaban J connectivity index is 1.70. The molecule has 1 heterocycles. The third kappa shape index (κ3) is 2.73. The molecule has 1 saturated heterocycles. The summed E-state index contributed by atoms with van der Waals surface area (Å²) in [7, 11) is 1.36. The average molecular weight is 345 g/mol. The first kappa shape index (κ1) is 16.3. The number of fused-ring (bicyclic) bond motifs is 1. The molecular formula is C22H19NO3. The molecule has 3 aromatic carbocycles. The van der Waals surface area contributed by atoms with Crippen molar-refractivity contribution in [3.05, 3.63) is 83.9 Å². The maximum absolute atomic E-state index is 13.0. The van der Waals surface area contributed by atoms with Crippen LogP contribution in [0.4, 0.5) is 0 Å². The molecule has 26 heavy (non-hydrogen) atoms. The van der Waals surface area contributed by atoms with Gasteiger partial charge in [0.15, 0.2) is 0 Å². The normalized spacial score (nSPS) is 19.0. The van der Waals surface area contributed by atoms with Crippen molar-refractivity contribution in [2.24, 2.45) is 0 Å². The summed E-state index contributed by atoms with van der Waals surface area (Å²) in [4.78, 5) is 26.8. The summed E-state index contributed by atoms with van der Waals surface area (Å²) in [5, 5.41) is 2.28. The molecule has 0 aliphatic carbocycles. The lowest BCUT2D eigenvalue weighted by Gasteiger charge is -2.47. The van der Waals surface area contributed by atoms with E-state index < -0.39 is 6.04 Å². The van der Waals surface area contributed by atoms with E-state index in [0.717, 1.165) is 16.3 Å². The number of likely N-dealkylation sites (tertiary alicyclic amines) is 1. The summed E-state index contributed by atoms with van der Waals surface area (Å²) < 4.78 is 4.89. The fourth-order valence-corrected chi connectivity index (χ4v) is 3.59. The standard InChI is InChI=1S/C22H19NO3/c1-26-22(25)20-14-19(23(20)21(24)16-8-3-2-4-9-16)18-12-11-15-7-5-6-10-17(15)13-18/h2-13,19-20H,14H2,1H3/t19-,20+/m1/s1. The SMILES string of the molecule is COC(=O)[C@@H]1C[C@H](c2ccc3ccccc3c2)N1C(=O)c1ccccc1. The van der Waals surface area contributed by atoms with Gasteiger partial charge in [-0.05, 0) is 34.5 Å². The van der Waals surface area contributed by atoms with Crippen LogP contribution in [0.25, 0.3) is 10.8 Å². The highest BCUT2D eigenvalue weighted by molar-refractivity contribution is 5.98. The van der Waals surface area contributed by atoms with Crippen molar-refractivity contribution < 1.29 is 14.3 Å². The zero-order chi connectivity index (χ0) is 18.1. The zero-order valence-corrected chi connectivity index (χ0v) is 14.5. The third-order valence-corrected chi connectivity index (χ3v) is 5.00. The molecule has 4 rings (SSSR count). The van der Waals surface area contributed by atoms with Crippen LogP contribution in [0.1, 0.15) is 28.4 Å². The summed E-state index contributed by atoms with van der Waals surface area (Å²) in [6.07, 6.45) is 0.573. The fourth-order valence-electron chi connectivity index (χ4n) is 3.59. The Morgan fingerprint density at radius 2 is 1.62 bits per heavy atom. The van der Waals surface area contributed by atoms with Crippen molar-refractivity contribution in [3.63, 3.8) is 0 Å². The molecule has 4 nitrogen and oxygen atoms in total. The number of rotatable bonds is 3. The van der Waals surface area contributed by atoms with Crippen molar-refractivity contribution in [2.45, 2.75) is 18.5 Å². The van der Waals surface area contributed by atoms with E-state index in [1.54, 1.807) is 17.0 Å². The minimum absolute atomic E-state index is 0.128. The van der Waals surface area contributed by atoms with Crippen molar-refractivity contribution >= 4 is 22.6 Å². The van der Waals surface area contributed by atoms with E-state index in [0.29, 0.717) is 12.0 Å². The topological polar surface area (TPSA) is 46.6 Å². The number of hydrogen-bond donors (Lipinski definition) is 0. The Kier molecular flexibility index (Phi) is 4.17. The Morgan fingerprint density at radius 3 is 2.35 bits per heavy atom. The van der Waals surface area contributed by atoms with E-state index in [4.69, 9.17) is 4.74 Å².